The van der Waals surface area contributed by atoms with E-state index in [-0.39, 0.29) is 0 Å². The van der Waals surface area contributed by atoms with Crippen LogP contribution in [0, 0.1) is 0 Å². The van der Waals surface area contributed by atoms with Crippen molar-refractivity contribution in [3.05, 3.63) is 59.2 Å². The summed E-state index contributed by atoms with van der Waals surface area (Å²) >= 11 is 0. The molecular weight excluding hydrogens is 324 g/mol. The quantitative estimate of drug-likeness (QED) is 0.826. The minimum atomic E-state index is 0.476. The summed E-state index contributed by atoms with van der Waals surface area (Å²) in [6.07, 6.45) is 7.61. The van der Waals surface area contributed by atoms with Gasteiger partial charge in [-0.3, -0.25) is 9.80 Å². The number of benzene rings is 1. The molecule has 1 atom stereocenters. The third kappa shape index (κ3) is 4.11. The molecule has 1 aromatic heterocycles. The van der Waals surface area contributed by atoms with E-state index in [1.165, 1.54) is 24.8 Å². The van der Waals surface area contributed by atoms with Gasteiger partial charge in [0, 0.05) is 63.8 Å². The fourth-order valence-corrected chi connectivity index (χ4v) is 4.20. The van der Waals surface area contributed by atoms with Crippen molar-refractivity contribution in [3.8, 4) is 0 Å². The summed E-state index contributed by atoms with van der Waals surface area (Å²) in [4.78, 5) is 14.0. The number of rotatable bonds is 5. The Hall–Kier alpha value is -1.82. The number of methoxy groups -OCH3 is 1. The Morgan fingerprint density at radius 2 is 1.77 bits per heavy atom. The van der Waals surface area contributed by atoms with Crippen molar-refractivity contribution in [1.29, 1.82) is 0 Å². The van der Waals surface area contributed by atoms with Gasteiger partial charge in [0.15, 0.2) is 5.82 Å². The summed E-state index contributed by atoms with van der Waals surface area (Å²) in [5.41, 5.74) is 4.30. The maximum atomic E-state index is 5.07. The first-order chi connectivity index (χ1) is 12.8. The van der Waals surface area contributed by atoms with Crippen LogP contribution in [0.3, 0.4) is 0 Å². The fourth-order valence-electron chi connectivity index (χ4n) is 4.20. The van der Waals surface area contributed by atoms with Crippen molar-refractivity contribution < 1.29 is 4.74 Å². The third-order valence-corrected chi connectivity index (χ3v) is 5.68. The van der Waals surface area contributed by atoms with Crippen molar-refractivity contribution in [2.45, 2.75) is 38.5 Å². The van der Waals surface area contributed by atoms with Gasteiger partial charge in [-0.2, -0.15) is 0 Å². The van der Waals surface area contributed by atoms with Gasteiger partial charge in [-0.1, -0.05) is 24.3 Å². The van der Waals surface area contributed by atoms with Gasteiger partial charge in [0.2, 0.25) is 0 Å². The average molecular weight is 352 g/mol. The number of aryl methyl sites for hydroxylation is 1. The van der Waals surface area contributed by atoms with Gasteiger partial charge in [-0.05, 0) is 30.4 Å². The molecule has 0 bridgehead atoms. The molecule has 0 saturated carbocycles. The maximum Gasteiger partial charge on any atom is 0.153 e. The lowest BCUT2D eigenvalue weighted by Gasteiger charge is -2.41. The Bertz CT molecular complexity index is 710. The predicted molar refractivity (Wildman–Crippen MR) is 102 cm³/mol. The number of aromatic nitrogens is 2. The Kier molecular flexibility index (Phi) is 5.58. The lowest BCUT2D eigenvalue weighted by molar-refractivity contribution is 0.0855. The summed E-state index contributed by atoms with van der Waals surface area (Å²) < 4.78 is 5.07. The summed E-state index contributed by atoms with van der Waals surface area (Å²) in [5.74, 6) is 0.749. The van der Waals surface area contributed by atoms with E-state index in [4.69, 9.17) is 4.74 Å². The van der Waals surface area contributed by atoms with Gasteiger partial charge < -0.3 is 4.74 Å². The van der Waals surface area contributed by atoms with Crippen LogP contribution in [0.25, 0.3) is 0 Å². The van der Waals surface area contributed by atoms with Crippen molar-refractivity contribution in [2.24, 2.45) is 0 Å². The molecular formula is C21H28N4O. The second-order valence-electron chi connectivity index (χ2n) is 7.42. The van der Waals surface area contributed by atoms with Crippen LogP contribution in [0.1, 0.15) is 28.9 Å². The first-order valence-electron chi connectivity index (χ1n) is 9.64. The Balaban J connectivity index is 1.28. The zero-order valence-electron chi connectivity index (χ0n) is 15.6. The second kappa shape index (κ2) is 8.25. The highest BCUT2D eigenvalue weighted by molar-refractivity contribution is 5.30. The van der Waals surface area contributed by atoms with Crippen LogP contribution in [0.2, 0.25) is 0 Å². The number of ether oxygens (including phenoxy) is 1. The van der Waals surface area contributed by atoms with Gasteiger partial charge in [0.1, 0.15) is 6.61 Å². The number of nitrogens with zero attached hydrogens (tertiary/aromatic N) is 4. The average Bonchev–Trinajstić information content (AvgIpc) is 2.70. The minimum Gasteiger partial charge on any atom is -0.377 e. The third-order valence-electron chi connectivity index (χ3n) is 5.68. The second-order valence-corrected chi connectivity index (χ2v) is 7.42. The first kappa shape index (κ1) is 17.6. The highest BCUT2D eigenvalue weighted by atomic mass is 16.5. The van der Waals surface area contributed by atoms with Crippen molar-refractivity contribution in [1.82, 2.24) is 19.8 Å². The predicted octanol–water partition coefficient (Wildman–Crippen LogP) is 2.30. The van der Waals surface area contributed by atoms with E-state index in [0.717, 1.165) is 38.5 Å². The van der Waals surface area contributed by atoms with Crippen LogP contribution < -0.4 is 0 Å². The van der Waals surface area contributed by atoms with Crippen LogP contribution in [-0.2, 0) is 30.7 Å². The zero-order valence-corrected chi connectivity index (χ0v) is 15.6. The SMILES string of the molecule is COCc1ncc(CN2CCN(C3CCc4ccccc4C3)CC2)cn1. The molecule has 0 radical (unpaired) electrons. The van der Waals surface area contributed by atoms with E-state index in [9.17, 15) is 0 Å². The van der Waals surface area contributed by atoms with Gasteiger partial charge in [0.05, 0.1) is 0 Å². The fraction of sp³-hybridized carbons (Fsp3) is 0.524. The first-order valence-corrected chi connectivity index (χ1v) is 9.64. The van der Waals surface area contributed by atoms with E-state index in [0.29, 0.717) is 12.6 Å². The molecule has 5 heteroatoms. The largest absolute Gasteiger partial charge is 0.377 e. The van der Waals surface area contributed by atoms with Crippen LogP contribution in [0.15, 0.2) is 36.7 Å². The molecule has 4 rings (SSSR count). The molecule has 138 valence electrons. The molecule has 1 fully saturated rings. The smallest absolute Gasteiger partial charge is 0.153 e. The number of piperazine rings is 1. The number of hydrogen-bond donors (Lipinski definition) is 0. The minimum absolute atomic E-state index is 0.476. The normalized spacial score (nSPS) is 21.5. The van der Waals surface area contributed by atoms with Crippen molar-refractivity contribution in [2.75, 3.05) is 33.3 Å². The van der Waals surface area contributed by atoms with Crippen LogP contribution in [-0.4, -0.2) is 59.1 Å². The van der Waals surface area contributed by atoms with Gasteiger partial charge >= 0.3 is 0 Å². The van der Waals surface area contributed by atoms with Gasteiger partial charge in [-0.25, -0.2) is 9.97 Å². The van der Waals surface area contributed by atoms with E-state index in [1.54, 1.807) is 18.2 Å². The molecule has 2 aliphatic rings. The zero-order chi connectivity index (χ0) is 17.8. The lowest BCUT2D eigenvalue weighted by atomic mass is 9.87. The van der Waals surface area contributed by atoms with Crippen molar-refractivity contribution >= 4 is 0 Å². The molecule has 2 aromatic rings. The topological polar surface area (TPSA) is 41.5 Å². The highest BCUT2D eigenvalue weighted by Crippen LogP contribution is 2.25. The molecule has 0 N–H and O–H groups in total. The molecule has 1 saturated heterocycles. The molecule has 26 heavy (non-hydrogen) atoms. The van der Waals surface area contributed by atoms with Crippen LogP contribution in [0.4, 0.5) is 0 Å². The van der Waals surface area contributed by atoms with E-state index < -0.39 is 0 Å². The number of fused-ring (bicyclic) bond motifs is 1. The van der Waals surface area contributed by atoms with Gasteiger partial charge in [0.25, 0.3) is 0 Å². The molecule has 5 nitrogen and oxygen atoms in total. The van der Waals surface area contributed by atoms with Crippen molar-refractivity contribution in [3.63, 3.8) is 0 Å². The summed E-state index contributed by atoms with van der Waals surface area (Å²) in [6, 6.07) is 9.67. The molecule has 1 aliphatic carbocycles. The Morgan fingerprint density at radius 1 is 1.04 bits per heavy atom. The molecule has 1 unspecified atom stereocenters. The highest BCUT2D eigenvalue weighted by Gasteiger charge is 2.27. The maximum absolute atomic E-state index is 5.07. The summed E-state index contributed by atoms with van der Waals surface area (Å²) in [7, 11) is 1.67. The monoisotopic (exact) mass is 352 g/mol. The molecule has 1 aliphatic heterocycles. The van der Waals surface area contributed by atoms with E-state index in [2.05, 4.69) is 44.0 Å². The number of hydrogen-bond acceptors (Lipinski definition) is 5. The molecule has 0 spiro atoms. The standard InChI is InChI=1S/C21H28N4O/c1-26-16-21-22-13-17(14-23-21)15-24-8-10-25(11-9-24)20-7-6-18-4-2-3-5-19(18)12-20/h2-5,13-14,20H,6-12,15-16H2,1H3. The Labute approximate surface area is 156 Å². The molecule has 2 heterocycles. The van der Waals surface area contributed by atoms with Crippen LogP contribution >= 0.6 is 0 Å². The van der Waals surface area contributed by atoms with E-state index in [1.807, 2.05) is 12.4 Å². The molecule has 0 amide bonds. The van der Waals surface area contributed by atoms with E-state index >= 15 is 0 Å². The Morgan fingerprint density at radius 3 is 2.50 bits per heavy atom. The lowest BCUT2D eigenvalue weighted by Crippen LogP contribution is -2.51. The summed E-state index contributed by atoms with van der Waals surface area (Å²) in [5, 5.41) is 0. The van der Waals surface area contributed by atoms with Crippen LogP contribution in [0.5, 0.6) is 0 Å². The van der Waals surface area contributed by atoms with Gasteiger partial charge in [-0.15, -0.1) is 0 Å². The summed E-state index contributed by atoms with van der Waals surface area (Å²) in [6.45, 7) is 5.99. The molecule has 1 aromatic carbocycles.